The van der Waals surface area contributed by atoms with Crippen molar-refractivity contribution in [3.8, 4) is 5.75 Å². The highest BCUT2D eigenvalue weighted by molar-refractivity contribution is 7.80. The Labute approximate surface area is 157 Å². The fraction of sp³-hybridized carbons (Fsp3) is 0.211. The number of thiocarbonyl (C=S) groups is 1. The number of carbonyl (C=O) groups is 2. The number of anilines is 1. The van der Waals surface area contributed by atoms with E-state index in [0.717, 1.165) is 0 Å². The highest BCUT2D eigenvalue weighted by Gasteiger charge is 2.10. The van der Waals surface area contributed by atoms with Crippen LogP contribution in [0.3, 0.4) is 0 Å². The summed E-state index contributed by atoms with van der Waals surface area (Å²) in [6.07, 6.45) is 0.0176. The van der Waals surface area contributed by atoms with Crippen molar-refractivity contribution in [1.29, 1.82) is 0 Å². The highest BCUT2D eigenvalue weighted by Crippen LogP contribution is 2.15. The Balaban J connectivity index is 1.97. The van der Waals surface area contributed by atoms with Gasteiger partial charge in [0.2, 0.25) is 0 Å². The zero-order valence-electron chi connectivity index (χ0n) is 14.7. The quantitative estimate of drug-likeness (QED) is 0.619. The third kappa shape index (κ3) is 5.56. The summed E-state index contributed by atoms with van der Waals surface area (Å²) in [4.78, 5) is 23.7. The number of carbonyl (C=O) groups excluding carboxylic acids is 2. The first-order valence-corrected chi connectivity index (χ1v) is 8.37. The molecule has 2 N–H and O–H groups in total. The standard InChI is InChI=1S/C19H20N2O4S/c1-12(2)25-16-6-4-5-14(11-16)17(22)21-19(26)20-15-9-7-13(8-10-15)18(23)24-3/h4-12H,1-3H3,(H2,20,21,22,26). The van der Waals surface area contributed by atoms with Crippen molar-refractivity contribution in [2.24, 2.45) is 0 Å². The molecular formula is C19H20N2O4S. The van der Waals surface area contributed by atoms with Crippen molar-refractivity contribution in [3.05, 3.63) is 59.7 Å². The van der Waals surface area contributed by atoms with E-state index in [1.165, 1.54) is 7.11 Å². The average molecular weight is 372 g/mol. The summed E-state index contributed by atoms with van der Waals surface area (Å²) in [5, 5.41) is 5.65. The van der Waals surface area contributed by atoms with Crippen LogP contribution in [0.2, 0.25) is 0 Å². The Hall–Kier alpha value is -2.93. The molecular weight excluding hydrogens is 352 g/mol. The second kappa shape index (κ2) is 8.96. The zero-order chi connectivity index (χ0) is 19.1. The van der Waals surface area contributed by atoms with Gasteiger partial charge in [0.05, 0.1) is 18.8 Å². The number of ether oxygens (including phenoxy) is 2. The van der Waals surface area contributed by atoms with Crippen molar-refractivity contribution in [2.75, 3.05) is 12.4 Å². The highest BCUT2D eigenvalue weighted by atomic mass is 32.1. The van der Waals surface area contributed by atoms with E-state index >= 15 is 0 Å². The molecule has 0 atom stereocenters. The number of esters is 1. The third-order valence-electron chi connectivity index (χ3n) is 3.26. The van der Waals surface area contributed by atoms with Crippen molar-refractivity contribution >= 4 is 34.9 Å². The van der Waals surface area contributed by atoms with Gasteiger partial charge in [0.25, 0.3) is 5.91 Å². The van der Waals surface area contributed by atoms with Crippen LogP contribution in [0.4, 0.5) is 5.69 Å². The molecule has 6 nitrogen and oxygen atoms in total. The topological polar surface area (TPSA) is 76.7 Å². The van der Waals surface area contributed by atoms with Gasteiger partial charge >= 0.3 is 5.97 Å². The fourth-order valence-corrected chi connectivity index (χ4v) is 2.34. The van der Waals surface area contributed by atoms with Gasteiger partial charge in [-0.25, -0.2) is 4.79 Å². The number of amides is 1. The van der Waals surface area contributed by atoms with Gasteiger partial charge in [0.1, 0.15) is 5.75 Å². The van der Waals surface area contributed by atoms with Gasteiger partial charge in [-0.15, -0.1) is 0 Å². The lowest BCUT2D eigenvalue weighted by atomic mass is 10.2. The van der Waals surface area contributed by atoms with Crippen LogP contribution in [0.25, 0.3) is 0 Å². The van der Waals surface area contributed by atoms with Crippen molar-refractivity contribution in [1.82, 2.24) is 5.32 Å². The second-order valence-electron chi connectivity index (χ2n) is 5.67. The van der Waals surface area contributed by atoms with Crippen LogP contribution >= 0.6 is 12.2 Å². The summed E-state index contributed by atoms with van der Waals surface area (Å²) in [6, 6.07) is 13.4. The smallest absolute Gasteiger partial charge is 0.337 e. The molecule has 0 saturated carbocycles. The molecule has 0 unspecified atom stereocenters. The van der Waals surface area contributed by atoms with Crippen molar-refractivity contribution in [2.45, 2.75) is 20.0 Å². The average Bonchev–Trinajstić information content (AvgIpc) is 2.61. The minimum atomic E-state index is -0.420. The molecule has 2 rings (SSSR count). The molecule has 1 amide bonds. The van der Waals surface area contributed by atoms with Crippen molar-refractivity contribution in [3.63, 3.8) is 0 Å². The van der Waals surface area contributed by atoms with Crippen LogP contribution in [0.5, 0.6) is 5.75 Å². The van der Waals surface area contributed by atoms with Crippen LogP contribution < -0.4 is 15.4 Å². The number of rotatable bonds is 5. The number of hydrogen-bond acceptors (Lipinski definition) is 5. The van der Waals surface area contributed by atoms with Gasteiger partial charge in [0, 0.05) is 11.3 Å². The van der Waals surface area contributed by atoms with E-state index in [0.29, 0.717) is 22.6 Å². The van der Waals surface area contributed by atoms with E-state index < -0.39 is 5.97 Å². The normalized spacial score (nSPS) is 10.2. The van der Waals surface area contributed by atoms with Gasteiger partial charge in [0.15, 0.2) is 5.11 Å². The summed E-state index contributed by atoms with van der Waals surface area (Å²) < 4.78 is 10.2. The van der Waals surface area contributed by atoms with E-state index in [4.69, 9.17) is 17.0 Å². The predicted molar refractivity (Wildman–Crippen MR) is 104 cm³/mol. The van der Waals surface area contributed by atoms with Gasteiger partial charge in [-0.1, -0.05) is 6.07 Å². The van der Waals surface area contributed by atoms with E-state index in [2.05, 4.69) is 15.4 Å². The largest absolute Gasteiger partial charge is 0.491 e. The molecule has 2 aromatic carbocycles. The molecule has 0 fully saturated rings. The SMILES string of the molecule is COC(=O)c1ccc(NC(=S)NC(=O)c2cccc(OC(C)C)c2)cc1. The number of methoxy groups -OCH3 is 1. The number of nitrogens with one attached hydrogen (secondary N) is 2. The van der Waals surface area contributed by atoms with Crippen molar-refractivity contribution < 1.29 is 19.1 Å². The molecule has 0 aliphatic carbocycles. The maximum absolute atomic E-state index is 12.3. The Kier molecular flexibility index (Phi) is 6.68. The monoisotopic (exact) mass is 372 g/mol. The summed E-state index contributed by atoms with van der Waals surface area (Å²) >= 11 is 5.16. The lowest BCUT2D eigenvalue weighted by Crippen LogP contribution is -2.34. The fourth-order valence-electron chi connectivity index (χ4n) is 2.13. The Bertz CT molecular complexity index is 803. The summed E-state index contributed by atoms with van der Waals surface area (Å²) in [5.74, 6) is -0.149. The van der Waals surface area contributed by atoms with Crippen LogP contribution in [0.1, 0.15) is 34.6 Å². The first kappa shape index (κ1) is 19.4. The minimum absolute atomic E-state index is 0.0176. The van der Waals surface area contributed by atoms with Crippen LogP contribution in [0.15, 0.2) is 48.5 Å². The Morgan fingerprint density at radius 1 is 1.04 bits per heavy atom. The first-order chi connectivity index (χ1) is 12.4. The summed E-state index contributed by atoms with van der Waals surface area (Å²) in [5.41, 5.74) is 1.50. The Morgan fingerprint density at radius 3 is 2.35 bits per heavy atom. The van der Waals surface area contributed by atoms with Crippen LogP contribution in [0, 0.1) is 0 Å². The Morgan fingerprint density at radius 2 is 1.73 bits per heavy atom. The first-order valence-electron chi connectivity index (χ1n) is 7.96. The van der Waals surface area contributed by atoms with E-state index in [1.54, 1.807) is 48.5 Å². The van der Waals surface area contributed by atoms with E-state index in [-0.39, 0.29) is 17.1 Å². The molecule has 0 bridgehead atoms. The molecule has 0 aliphatic heterocycles. The van der Waals surface area contributed by atoms with Gasteiger partial charge in [-0.3, -0.25) is 10.1 Å². The molecule has 0 saturated heterocycles. The van der Waals surface area contributed by atoms with Gasteiger partial charge in [-0.2, -0.15) is 0 Å². The molecule has 136 valence electrons. The molecule has 0 heterocycles. The van der Waals surface area contributed by atoms with Crippen LogP contribution in [-0.2, 0) is 4.74 Å². The van der Waals surface area contributed by atoms with Gasteiger partial charge in [-0.05, 0) is 68.5 Å². The third-order valence-corrected chi connectivity index (χ3v) is 3.46. The van der Waals surface area contributed by atoms with E-state index in [1.807, 2.05) is 13.8 Å². The molecule has 0 aromatic heterocycles. The van der Waals surface area contributed by atoms with Gasteiger partial charge < -0.3 is 14.8 Å². The number of hydrogen-bond donors (Lipinski definition) is 2. The molecule has 7 heteroatoms. The maximum atomic E-state index is 12.3. The zero-order valence-corrected chi connectivity index (χ0v) is 15.6. The molecule has 26 heavy (non-hydrogen) atoms. The lowest BCUT2D eigenvalue weighted by Gasteiger charge is -2.12. The molecule has 2 aromatic rings. The molecule has 0 radical (unpaired) electrons. The maximum Gasteiger partial charge on any atom is 0.337 e. The summed E-state index contributed by atoms with van der Waals surface area (Å²) in [6.45, 7) is 3.83. The minimum Gasteiger partial charge on any atom is -0.491 e. The molecule has 0 spiro atoms. The lowest BCUT2D eigenvalue weighted by molar-refractivity contribution is 0.0600. The predicted octanol–water partition coefficient (Wildman–Crippen LogP) is 3.39. The van der Waals surface area contributed by atoms with Crippen LogP contribution in [-0.4, -0.2) is 30.2 Å². The van der Waals surface area contributed by atoms with E-state index in [9.17, 15) is 9.59 Å². The summed E-state index contributed by atoms with van der Waals surface area (Å²) in [7, 11) is 1.32. The molecule has 0 aliphatic rings. The second-order valence-corrected chi connectivity index (χ2v) is 6.08. The number of benzene rings is 2.